The molecule has 2 rings (SSSR count). The zero-order valence-electron chi connectivity index (χ0n) is 14.2. The zero-order valence-corrected chi connectivity index (χ0v) is 14.2. The first-order valence-electron chi connectivity index (χ1n) is 7.59. The third kappa shape index (κ3) is 4.87. The van der Waals surface area contributed by atoms with E-state index in [-0.39, 0.29) is 0 Å². The lowest BCUT2D eigenvalue weighted by molar-refractivity contribution is -0.128. The Labute approximate surface area is 145 Å². The van der Waals surface area contributed by atoms with E-state index in [0.29, 0.717) is 22.8 Å². The number of amides is 2. The number of carbonyl (C=O) groups excluding carboxylic acids is 2. The second kappa shape index (κ2) is 8.58. The average molecular weight is 344 g/mol. The summed E-state index contributed by atoms with van der Waals surface area (Å²) in [5.41, 5.74) is 4.99. The van der Waals surface area contributed by atoms with Crippen LogP contribution in [0.25, 0.3) is 0 Å². The molecule has 0 aromatic heterocycles. The number of rotatable bonds is 6. The van der Waals surface area contributed by atoms with Gasteiger partial charge in [-0.05, 0) is 37.3 Å². The number of nitrogens with one attached hydrogen (secondary N) is 2. The van der Waals surface area contributed by atoms with Crippen molar-refractivity contribution in [1.82, 2.24) is 10.9 Å². The Bertz CT molecular complexity index is 734. The lowest BCUT2D eigenvalue weighted by atomic mass is 10.2. The van der Waals surface area contributed by atoms with Gasteiger partial charge in [0.2, 0.25) is 0 Å². The Kier molecular flexibility index (Phi) is 6.22. The highest BCUT2D eigenvalue weighted by atomic mass is 16.5. The number of benzene rings is 2. The van der Waals surface area contributed by atoms with E-state index in [4.69, 9.17) is 14.2 Å². The van der Waals surface area contributed by atoms with E-state index in [1.807, 2.05) is 6.07 Å². The predicted molar refractivity (Wildman–Crippen MR) is 91.7 cm³/mol. The van der Waals surface area contributed by atoms with Crippen LogP contribution in [-0.4, -0.2) is 32.1 Å². The standard InChI is InChI=1S/C18H20N2O5/c1-12(25-14-7-5-4-6-8-14)17(21)19-20-18(22)13-9-10-15(23-2)16(11-13)24-3/h4-12H,1-3H3,(H,19,21)(H,20,22). The van der Waals surface area contributed by atoms with Crippen molar-refractivity contribution >= 4 is 11.8 Å². The van der Waals surface area contributed by atoms with Crippen LogP contribution in [0.4, 0.5) is 0 Å². The number of hydrogen-bond acceptors (Lipinski definition) is 5. The molecule has 25 heavy (non-hydrogen) atoms. The van der Waals surface area contributed by atoms with Crippen LogP contribution in [0.5, 0.6) is 17.2 Å². The van der Waals surface area contributed by atoms with Crippen LogP contribution in [0.2, 0.25) is 0 Å². The van der Waals surface area contributed by atoms with E-state index < -0.39 is 17.9 Å². The van der Waals surface area contributed by atoms with Gasteiger partial charge in [-0.25, -0.2) is 0 Å². The minimum Gasteiger partial charge on any atom is -0.493 e. The van der Waals surface area contributed by atoms with Crippen molar-refractivity contribution < 1.29 is 23.8 Å². The molecule has 7 heteroatoms. The molecule has 0 saturated heterocycles. The molecule has 7 nitrogen and oxygen atoms in total. The van der Waals surface area contributed by atoms with Crippen LogP contribution in [-0.2, 0) is 4.79 Å². The summed E-state index contributed by atoms with van der Waals surface area (Å²) < 4.78 is 15.7. The van der Waals surface area contributed by atoms with Crippen LogP contribution >= 0.6 is 0 Å². The number of ether oxygens (including phenoxy) is 3. The van der Waals surface area contributed by atoms with Gasteiger partial charge in [-0.2, -0.15) is 0 Å². The Hall–Kier alpha value is -3.22. The molecular formula is C18H20N2O5. The molecule has 0 aliphatic carbocycles. The number of hydrogen-bond donors (Lipinski definition) is 2. The molecule has 0 spiro atoms. The van der Waals surface area contributed by atoms with Crippen LogP contribution in [0.1, 0.15) is 17.3 Å². The first kappa shape index (κ1) is 18.1. The lowest BCUT2D eigenvalue weighted by Gasteiger charge is -2.15. The third-order valence-corrected chi connectivity index (χ3v) is 3.37. The van der Waals surface area contributed by atoms with E-state index in [1.54, 1.807) is 43.3 Å². The molecule has 0 aliphatic rings. The van der Waals surface area contributed by atoms with E-state index >= 15 is 0 Å². The van der Waals surface area contributed by atoms with Crippen molar-refractivity contribution in [3.05, 3.63) is 54.1 Å². The normalized spacial score (nSPS) is 11.2. The van der Waals surface area contributed by atoms with Gasteiger partial charge >= 0.3 is 0 Å². The Balaban J connectivity index is 1.91. The molecule has 132 valence electrons. The molecule has 0 aliphatic heterocycles. The third-order valence-electron chi connectivity index (χ3n) is 3.37. The molecule has 0 saturated carbocycles. The quantitative estimate of drug-likeness (QED) is 0.782. The molecule has 0 bridgehead atoms. The van der Waals surface area contributed by atoms with Crippen LogP contribution < -0.4 is 25.1 Å². The van der Waals surface area contributed by atoms with Gasteiger partial charge in [-0.15, -0.1) is 0 Å². The molecule has 2 aromatic rings. The highest BCUT2D eigenvalue weighted by Crippen LogP contribution is 2.27. The van der Waals surface area contributed by atoms with Crippen molar-refractivity contribution in [1.29, 1.82) is 0 Å². The lowest BCUT2D eigenvalue weighted by Crippen LogP contribution is -2.47. The summed E-state index contributed by atoms with van der Waals surface area (Å²) in [5, 5.41) is 0. The Morgan fingerprint density at radius 1 is 0.920 bits per heavy atom. The van der Waals surface area contributed by atoms with Gasteiger partial charge in [-0.3, -0.25) is 20.4 Å². The van der Waals surface area contributed by atoms with Crippen molar-refractivity contribution in [2.75, 3.05) is 14.2 Å². The molecule has 0 fully saturated rings. The number of para-hydroxylation sites is 1. The Morgan fingerprint density at radius 3 is 2.24 bits per heavy atom. The van der Waals surface area contributed by atoms with Gasteiger partial charge in [-0.1, -0.05) is 18.2 Å². The maximum absolute atomic E-state index is 12.1. The van der Waals surface area contributed by atoms with Crippen molar-refractivity contribution in [2.24, 2.45) is 0 Å². The van der Waals surface area contributed by atoms with Gasteiger partial charge in [0.1, 0.15) is 5.75 Å². The zero-order chi connectivity index (χ0) is 18.2. The van der Waals surface area contributed by atoms with Gasteiger partial charge in [0, 0.05) is 5.56 Å². The van der Waals surface area contributed by atoms with Crippen LogP contribution in [0.3, 0.4) is 0 Å². The molecule has 1 unspecified atom stereocenters. The predicted octanol–water partition coefficient (Wildman–Crippen LogP) is 1.93. The summed E-state index contributed by atoms with van der Waals surface area (Å²) in [6.07, 6.45) is -0.770. The highest BCUT2D eigenvalue weighted by Gasteiger charge is 2.16. The number of methoxy groups -OCH3 is 2. The molecule has 2 aromatic carbocycles. The van der Waals surface area contributed by atoms with Gasteiger partial charge < -0.3 is 14.2 Å². The first-order chi connectivity index (χ1) is 12.0. The summed E-state index contributed by atoms with van der Waals surface area (Å²) in [6, 6.07) is 13.6. The highest BCUT2D eigenvalue weighted by molar-refractivity contribution is 5.96. The van der Waals surface area contributed by atoms with Crippen LogP contribution in [0, 0.1) is 0 Å². The maximum Gasteiger partial charge on any atom is 0.279 e. The van der Waals surface area contributed by atoms with Crippen molar-refractivity contribution in [2.45, 2.75) is 13.0 Å². The molecule has 0 radical (unpaired) electrons. The van der Waals surface area contributed by atoms with Gasteiger partial charge in [0.15, 0.2) is 17.6 Å². The topological polar surface area (TPSA) is 85.9 Å². The second-order valence-electron chi connectivity index (χ2n) is 5.09. The molecule has 0 heterocycles. The molecular weight excluding hydrogens is 324 g/mol. The SMILES string of the molecule is COc1ccc(C(=O)NNC(=O)C(C)Oc2ccccc2)cc1OC. The van der Waals surface area contributed by atoms with E-state index in [2.05, 4.69) is 10.9 Å². The van der Waals surface area contributed by atoms with Crippen LogP contribution in [0.15, 0.2) is 48.5 Å². The summed E-state index contributed by atoms with van der Waals surface area (Å²) in [7, 11) is 2.98. The molecule has 1 atom stereocenters. The minimum atomic E-state index is -0.770. The van der Waals surface area contributed by atoms with Crippen molar-refractivity contribution in [3.63, 3.8) is 0 Å². The van der Waals surface area contributed by atoms with E-state index in [0.717, 1.165) is 0 Å². The fourth-order valence-electron chi connectivity index (χ4n) is 2.03. The maximum atomic E-state index is 12.1. The first-order valence-corrected chi connectivity index (χ1v) is 7.59. The van der Waals surface area contributed by atoms with Gasteiger partial charge in [0.05, 0.1) is 14.2 Å². The Morgan fingerprint density at radius 2 is 1.60 bits per heavy atom. The van der Waals surface area contributed by atoms with E-state index in [1.165, 1.54) is 20.3 Å². The summed E-state index contributed by atoms with van der Waals surface area (Å²) in [4.78, 5) is 24.1. The van der Waals surface area contributed by atoms with Gasteiger partial charge in [0.25, 0.3) is 11.8 Å². The summed E-state index contributed by atoms with van der Waals surface area (Å²) >= 11 is 0. The average Bonchev–Trinajstić information content (AvgIpc) is 2.65. The summed E-state index contributed by atoms with van der Waals surface area (Å²) in [6.45, 7) is 1.59. The number of hydrazine groups is 1. The fraction of sp³-hybridized carbons (Fsp3) is 0.222. The molecule has 2 N–H and O–H groups in total. The second-order valence-corrected chi connectivity index (χ2v) is 5.09. The fourth-order valence-corrected chi connectivity index (χ4v) is 2.03. The minimum absolute atomic E-state index is 0.314. The monoisotopic (exact) mass is 344 g/mol. The molecule has 2 amide bonds. The van der Waals surface area contributed by atoms with E-state index in [9.17, 15) is 9.59 Å². The smallest absolute Gasteiger partial charge is 0.279 e. The largest absolute Gasteiger partial charge is 0.493 e. The number of carbonyl (C=O) groups is 2. The summed E-state index contributed by atoms with van der Waals surface area (Å²) in [5.74, 6) is 0.533. The van der Waals surface area contributed by atoms with Crippen molar-refractivity contribution in [3.8, 4) is 17.2 Å².